The number of hydrogen-bond acceptors (Lipinski definition) is 3. The van der Waals surface area contributed by atoms with Gasteiger partial charge in [-0.25, -0.2) is 4.39 Å². The third-order valence-corrected chi connectivity index (χ3v) is 3.82. The molecule has 2 aromatic carbocycles. The van der Waals surface area contributed by atoms with Crippen molar-refractivity contribution in [2.75, 3.05) is 0 Å². The van der Waals surface area contributed by atoms with E-state index in [9.17, 15) is 22.4 Å². The summed E-state index contributed by atoms with van der Waals surface area (Å²) < 4.78 is 60.1. The minimum atomic E-state index is -4.80. The van der Waals surface area contributed by atoms with Gasteiger partial charge in [0.1, 0.15) is 28.6 Å². The smallest absolute Gasteiger partial charge is 0.456 e. The Morgan fingerprint density at radius 1 is 1.04 bits per heavy atom. The van der Waals surface area contributed by atoms with Crippen LogP contribution in [0.25, 0.3) is 0 Å². The second-order valence-electron chi connectivity index (χ2n) is 5.51. The summed E-state index contributed by atoms with van der Waals surface area (Å²) >= 11 is 5.47. The molecule has 25 heavy (non-hydrogen) atoms. The van der Waals surface area contributed by atoms with Crippen LogP contribution in [0.4, 0.5) is 17.6 Å². The lowest BCUT2D eigenvalue weighted by molar-refractivity contribution is -0.274. The van der Waals surface area contributed by atoms with Crippen LogP contribution in [-0.4, -0.2) is 11.6 Å². The molecule has 0 amide bonds. The quantitative estimate of drug-likeness (QED) is 0.492. The summed E-state index contributed by atoms with van der Waals surface area (Å²) in [5.41, 5.74) is 0.0203. The minimum absolute atomic E-state index is 0.0719. The number of carbonyl (C=O) groups is 1. The first-order valence-corrected chi connectivity index (χ1v) is 7.68. The van der Waals surface area contributed by atoms with Crippen LogP contribution in [0.1, 0.15) is 34.7 Å². The Balaban J connectivity index is 1.85. The lowest BCUT2D eigenvalue weighted by Crippen LogP contribution is -2.16. The van der Waals surface area contributed by atoms with E-state index in [0.29, 0.717) is 5.56 Å². The van der Waals surface area contributed by atoms with Gasteiger partial charge in [0.15, 0.2) is 0 Å². The van der Waals surface area contributed by atoms with E-state index in [4.69, 9.17) is 16.3 Å². The highest BCUT2D eigenvalue weighted by atomic mass is 35.5. The average molecular weight is 375 g/mol. The fraction of sp³-hybridized carbons (Fsp3) is 0.235. The first-order chi connectivity index (χ1) is 11.7. The van der Waals surface area contributed by atoms with Crippen LogP contribution in [0, 0.1) is 5.82 Å². The fourth-order valence-electron chi connectivity index (χ4n) is 2.39. The van der Waals surface area contributed by atoms with E-state index in [1.165, 1.54) is 24.3 Å². The van der Waals surface area contributed by atoms with E-state index >= 15 is 0 Å². The van der Waals surface area contributed by atoms with Crippen LogP contribution in [0.5, 0.6) is 17.2 Å². The Bertz CT molecular complexity index is 799. The highest BCUT2D eigenvalue weighted by Gasteiger charge is 2.32. The normalized spacial score (nSPS) is 14.3. The lowest BCUT2D eigenvalue weighted by atomic mass is 10.1. The second-order valence-corrected chi connectivity index (χ2v) is 5.85. The molecule has 2 aromatic rings. The van der Waals surface area contributed by atoms with E-state index in [0.717, 1.165) is 25.0 Å². The Kier molecular flexibility index (Phi) is 4.60. The Morgan fingerprint density at radius 2 is 1.64 bits per heavy atom. The molecule has 0 saturated heterocycles. The third-order valence-electron chi connectivity index (χ3n) is 3.63. The molecule has 0 heterocycles. The van der Waals surface area contributed by atoms with Crippen molar-refractivity contribution < 1.29 is 31.8 Å². The average Bonchev–Trinajstić information content (AvgIpc) is 3.32. The largest absolute Gasteiger partial charge is 0.573 e. The molecule has 1 aliphatic rings. The summed E-state index contributed by atoms with van der Waals surface area (Å²) in [6, 6.07) is 7.44. The molecule has 0 spiro atoms. The van der Waals surface area contributed by atoms with E-state index < -0.39 is 23.2 Å². The molecule has 0 aromatic heterocycles. The van der Waals surface area contributed by atoms with Crippen LogP contribution >= 0.6 is 11.6 Å². The van der Waals surface area contributed by atoms with E-state index in [1.54, 1.807) is 0 Å². The molecule has 8 heteroatoms. The van der Waals surface area contributed by atoms with Crippen LogP contribution in [0.3, 0.4) is 0 Å². The molecule has 3 nitrogen and oxygen atoms in total. The molecular formula is C17H11ClF4O3. The zero-order valence-electron chi connectivity index (χ0n) is 12.6. The number of alkyl halides is 3. The maximum absolute atomic E-state index is 14.5. The van der Waals surface area contributed by atoms with Crippen molar-refractivity contribution in [1.29, 1.82) is 0 Å². The molecule has 132 valence electrons. The highest BCUT2D eigenvalue weighted by molar-refractivity contribution is 6.68. The number of rotatable bonds is 5. The predicted octanol–water partition coefficient (Wildman–Crippen LogP) is 5.77. The molecule has 3 rings (SSSR count). The maximum Gasteiger partial charge on any atom is 0.573 e. The van der Waals surface area contributed by atoms with Crippen LogP contribution in [0.15, 0.2) is 36.4 Å². The van der Waals surface area contributed by atoms with Gasteiger partial charge in [0.05, 0.1) is 0 Å². The fourth-order valence-corrected chi connectivity index (χ4v) is 2.56. The predicted molar refractivity (Wildman–Crippen MR) is 81.8 cm³/mol. The standard InChI is InChI=1S/C17H11ClF4O3/c18-16(23)14-13(8-7-12(15(14)19)9-1-2-9)24-10-3-5-11(6-4-10)25-17(20,21)22/h3-9H,1-2H2. The van der Waals surface area contributed by atoms with Gasteiger partial charge in [0, 0.05) is 0 Å². The second kappa shape index (κ2) is 6.55. The van der Waals surface area contributed by atoms with Crippen molar-refractivity contribution in [1.82, 2.24) is 0 Å². The molecule has 0 unspecified atom stereocenters. The van der Waals surface area contributed by atoms with Gasteiger partial charge in [0.2, 0.25) is 0 Å². The molecule has 0 radical (unpaired) electrons. The first-order valence-electron chi connectivity index (χ1n) is 7.30. The number of benzene rings is 2. The molecule has 0 atom stereocenters. The van der Waals surface area contributed by atoms with Gasteiger partial charge in [0.25, 0.3) is 5.24 Å². The summed E-state index contributed by atoms with van der Waals surface area (Å²) in [4.78, 5) is 11.6. The SMILES string of the molecule is O=C(Cl)c1c(Oc2ccc(OC(F)(F)F)cc2)ccc(C2CC2)c1F. The first kappa shape index (κ1) is 17.5. The molecule has 1 aliphatic carbocycles. The van der Waals surface area contributed by atoms with Crippen molar-refractivity contribution in [2.24, 2.45) is 0 Å². The topological polar surface area (TPSA) is 35.5 Å². The summed E-state index contributed by atoms with van der Waals surface area (Å²) in [6.45, 7) is 0. The summed E-state index contributed by atoms with van der Waals surface area (Å²) in [5, 5.41) is -1.01. The van der Waals surface area contributed by atoms with Gasteiger partial charge in [-0.15, -0.1) is 13.2 Å². The number of halogens is 5. The Morgan fingerprint density at radius 3 is 2.16 bits per heavy atom. The van der Waals surface area contributed by atoms with Crippen molar-refractivity contribution >= 4 is 16.8 Å². The van der Waals surface area contributed by atoms with Crippen molar-refractivity contribution in [3.63, 3.8) is 0 Å². The zero-order chi connectivity index (χ0) is 18.2. The van der Waals surface area contributed by atoms with Gasteiger partial charge in [-0.3, -0.25) is 4.79 Å². The van der Waals surface area contributed by atoms with E-state index in [1.807, 2.05) is 0 Å². The van der Waals surface area contributed by atoms with Gasteiger partial charge in [-0.1, -0.05) is 6.07 Å². The number of hydrogen-bond donors (Lipinski definition) is 0. The zero-order valence-corrected chi connectivity index (χ0v) is 13.3. The van der Waals surface area contributed by atoms with Gasteiger partial charge in [-0.05, 0) is 66.3 Å². The van der Waals surface area contributed by atoms with Crippen molar-refractivity contribution in [3.8, 4) is 17.2 Å². The van der Waals surface area contributed by atoms with Crippen molar-refractivity contribution in [3.05, 3.63) is 53.3 Å². The molecule has 1 fully saturated rings. The number of carbonyl (C=O) groups excluding carboxylic acids is 1. The van der Waals surface area contributed by atoms with Crippen LogP contribution in [-0.2, 0) is 0 Å². The Labute approximate surface area is 145 Å². The van der Waals surface area contributed by atoms with Crippen LogP contribution in [0.2, 0.25) is 0 Å². The summed E-state index contributed by atoms with van der Waals surface area (Å²) in [5.74, 6) is -1.08. The lowest BCUT2D eigenvalue weighted by Gasteiger charge is -2.13. The summed E-state index contributed by atoms with van der Waals surface area (Å²) in [6.07, 6.45) is -3.12. The van der Waals surface area contributed by atoms with E-state index in [-0.39, 0.29) is 23.0 Å². The maximum atomic E-state index is 14.5. The van der Waals surface area contributed by atoms with Gasteiger partial charge >= 0.3 is 6.36 Å². The number of ether oxygens (including phenoxy) is 2. The molecule has 0 N–H and O–H groups in total. The molecule has 0 aliphatic heterocycles. The molecular weight excluding hydrogens is 364 g/mol. The molecule has 1 saturated carbocycles. The van der Waals surface area contributed by atoms with E-state index in [2.05, 4.69) is 4.74 Å². The van der Waals surface area contributed by atoms with Gasteiger partial charge < -0.3 is 9.47 Å². The van der Waals surface area contributed by atoms with Gasteiger partial charge in [-0.2, -0.15) is 0 Å². The highest BCUT2D eigenvalue weighted by Crippen LogP contribution is 2.44. The Hall–Kier alpha value is -2.28. The third kappa shape index (κ3) is 4.22. The van der Waals surface area contributed by atoms with Crippen molar-refractivity contribution in [2.45, 2.75) is 25.1 Å². The van der Waals surface area contributed by atoms with Crippen LogP contribution < -0.4 is 9.47 Å². The minimum Gasteiger partial charge on any atom is -0.456 e. The molecule has 0 bridgehead atoms. The summed E-state index contributed by atoms with van der Waals surface area (Å²) in [7, 11) is 0. The monoisotopic (exact) mass is 374 g/mol.